The quantitative estimate of drug-likeness (QED) is 0.318. The van der Waals surface area contributed by atoms with Gasteiger partial charge in [-0.05, 0) is 0 Å². The number of carbonyl (C=O) groups is 1. The van der Waals surface area contributed by atoms with Crippen molar-refractivity contribution in [2.45, 2.75) is 12.7 Å². The molecule has 0 saturated carbocycles. The first-order valence-corrected chi connectivity index (χ1v) is 6.79. The number of aliphatic carboxylic acids is 1. The highest BCUT2D eigenvalue weighted by molar-refractivity contribution is 5.66. The summed E-state index contributed by atoms with van der Waals surface area (Å²) in [6, 6.07) is 0. The van der Waals surface area contributed by atoms with Crippen LogP contribution >= 0.6 is 0 Å². The van der Waals surface area contributed by atoms with E-state index < -0.39 is 5.97 Å². The van der Waals surface area contributed by atoms with Crippen molar-refractivity contribution in [1.29, 1.82) is 0 Å². The van der Waals surface area contributed by atoms with Gasteiger partial charge in [0.15, 0.2) is 6.29 Å². The van der Waals surface area contributed by atoms with Gasteiger partial charge < -0.3 is 33.5 Å². The summed E-state index contributed by atoms with van der Waals surface area (Å²) in [6.07, 6.45) is -0.342. The summed E-state index contributed by atoms with van der Waals surface area (Å²) in [5.74, 6) is -0.867. The number of hydrogen-bond acceptors (Lipinski definition) is 7. The van der Waals surface area contributed by atoms with Crippen molar-refractivity contribution in [3.8, 4) is 0 Å². The van der Waals surface area contributed by atoms with E-state index in [1.165, 1.54) is 0 Å². The highest BCUT2D eigenvalue weighted by atomic mass is 16.7. The molecule has 0 aromatic heterocycles. The van der Waals surface area contributed by atoms with Crippen LogP contribution in [0.2, 0.25) is 0 Å². The minimum absolute atomic E-state index is 0.0100. The third-order valence-corrected chi connectivity index (χ3v) is 2.36. The number of carboxylic acids is 1. The van der Waals surface area contributed by atoms with Gasteiger partial charge in [0.25, 0.3) is 0 Å². The van der Waals surface area contributed by atoms with Gasteiger partial charge in [-0.2, -0.15) is 0 Å². The van der Waals surface area contributed by atoms with E-state index in [0.29, 0.717) is 46.2 Å². The molecule has 1 N–H and O–H groups in total. The van der Waals surface area contributed by atoms with Crippen LogP contribution in [-0.4, -0.2) is 84.4 Å². The first-order valence-electron chi connectivity index (χ1n) is 6.79. The minimum atomic E-state index is -0.867. The van der Waals surface area contributed by atoms with E-state index in [0.717, 1.165) is 0 Å². The Labute approximate surface area is 125 Å². The maximum Gasteiger partial charge on any atom is 0.305 e. The first-order chi connectivity index (χ1) is 10.2. The number of ether oxygens (including phenoxy) is 6. The zero-order valence-corrected chi connectivity index (χ0v) is 12.7. The van der Waals surface area contributed by atoms with Crippen molar-refractivity contribution < 1.29 is 38.3 Å². The summed E-state index contributed by atoms with van der Waals surface area (Å²) in [6.45, 7) is 3.23. The second kappa shape index (κ2) is 15.6. The van der Waals surface area contributed by atoms with E-state index in [-0.39, 0.29) is 19.3 Å². The Kier molecular flexibility index (Phi) is 15.0. The molecule has 0 bridgehead atoms. The molecule has 0 heterocycles. The molecule has 0 spiro atoms. The molecule has 0 aliphatic carbocycles. The maximum absolute atomic E-state index is 10.2. The van der Waals surface area contributed by atoms with E-state index >= 15 is 0 Å². The van der Waals surface area contributed by atoms with Gasteiger partial charge in [-0.3, -0.25) is 4.79 Å². The van der Waals surface area contributed by atoms with Crippen LogP contribution in [0.25, 0.3) is 0 Å². The topological polar surface area (TPSA) is 92.7 Å². The molecule has 0 aromatic rings. The number of hydrogen-bond donors (Lipinski definition) is 1. The highest BCUT2D eigenvalue weighted by Gasteiger charge is 2.03. The van der Waals surface area contributed by atoms with E-state index in [4.69, 9.17) is 33.5 Å². The first kappa shape index (κ1) is 20.2. The van der Waals surface area contributed by atoms with Gasteiger partial charge in [-0.1, -0.05) is 0 Å². The van der Waals surface area contributed by atoms with E-state index in [1.807, 2.05) is 0 Å². The molecule has 0 aromatic carbocycles. The Morgan fingerprint density at radius 3 is 1.67 bits per heavy atom. The minimum Gasteiger partial charge on any atom is -0.481 e. The molecular formula is C13H26O8. The van der Waals surface area contributed by atoms with Crippen molar-refractivity contribution in [2.24, 2.45) is 0 Å². The van der Waals surface area contributed by atoms with Crippen molar-refractivity contribution >= 4 is 5.97 Å². The van der Waals surface area contributed by atoms with Crippen molar-refractivity contribution in [3.63, 3.8) is 0 Å². The summed E-state index contributed by atoms with van der Waals surface area (Å²) < 4.78 is 30.8. The third kappa shape index (κ3) is 15.4. The van der Waals surface area contributed by atoms with Crippen LogP contribution in [0.15, 0.2) is 0 Å². The number of rotatable bonds is 16. The fraction of sp³-hybridized carbons (Fsp3) is 0.923. The lowest BCUT2D eigenvalue weighted by molar-refractivity contribution is -0.143. The van der Waals surface area contributed by atoms with Crippen LogP contribution in [0, 0.1) is 0 Å². The van der Waals surface area contributed by atoms with Gasteiger partial charge >= 0.3 is 5.97 Å². The summed E-state index contributed by atoms with van der Waals surface area (Å²) in [7, 11) is 3.10. The predicted molar refractivity (Wildman–Crippen MR) is 73.3 cm³/mol. The molecule has 21 heavy (non-hydrogen) atoms. The highest BCUT2D eigenvalue weighted by Crippen LogP contribution is 1.91. The Morgan fingerprint density at radius 1 is 0.810 bits per heavy atom. The molecule has 0 atom stereocenters. The standard InChI is InChI=1S/C13H26O8/c1-16-13(17-2)11-21-10-9-20-8-7-19-6-5-18-4-3-12(14)15/h13H,3-11H2,1-2H3,(H,14,15). The largest absolute Gasteiger partial charge is 0.481 e. The molecule has 0 aliphatic rings. The second-order valence-corrected chi connectivity index (χ2v) is 3.96. The molecule has 8 heteroatoms. The lowest BCUT2D eigenvalue weighted by Crippen LogP contribution is -2.21. The van der Waals surface area contributed by atoms with Gasteiger partial charge in [0.2, 0.25) is 0 Å². The van der Waals surface area contributed by atoms with Gasteiger partial charge in [-0.15, -0.1) is 0 Å². The fourth-order valence-corrected chi connectivity index (χ4v) is 1.23. The molecule has 8 nitrogen and oxygen atoms in total. The Morgan fingerprint density at radius 2 is 1.24 bits per heavy atom. The predicted octanol–water partition coefficient (Wildman–Crippen LogP) is 0.146. The zero-order valence-electron chi connectivity index (χ0n) is 12.7. The van der Waals surface area contributed by atoms with Gasteiger partial charge in [0.1, 0.15) is 0 Å². The molecular weight excluding hydrogens is 284 g/mol. The van der Waals surface area contributed by atoms with Gasteiger partial charge in [0.05, 0.1) is 59.3 Å². The average molecular weight is 310 g/mol. The lowest BCUT2D eigenvalue weighted by atomic mass is 10.5. The van der Waals surface area contributed by atoms with Crippen LogP contribution in [-0.2, 0) is 33.2 Å². The number of methoxy groups -OCH3 is 2. The average Bonchev–Trinajstić information content (AvgIpc) is 2.47. The molecule has 0 aliphatic heterocycles. The van der Waals surface area contributed by atoms with Crippen LogP contribution in [0.3, 0.4) is 0 Å². The zero-order chi connectivity index (χ0) is 15.8. The van der Waals surface area contributed by atoms with E-state index in [9.17, 15) is 4.79 Å². The molecule has 0 radical (unpaired) electrons. The maximum atomic E-state index is 10.2. The Bertz CT molecular complexity index is 232. The van der Waals surface area contributed by atoms with E-state index in [2.05, 4.69) is 0 Å². The van der Waals surface area contributed by atoms with Crippen LogP contribution in [0.1, 0.15) is 6.42 Å². The van der Waals surface area contributed by atoms with Crippen molar-refractivity contribution in [2.75, 3.05) is 67.1 Å². The molecule has 0 fully saturated rings. The Balaban J connectivity index is 3.07. The fourth-order valence-electron chi connectivity index (χ4n) is 1.23. The normalized spacial score (nSPS) is 11.2. The monoisotopic (exact) mass is 310 g/mol. The lowest BCUT2D eigenvalue weighted by Gasteiger charge is -2.13. The van der Waals surface area contributed by atoms with Gasteiger partial charge in [0, 0.05) is 14.2 Å². The Hall–Kier alpha value is -0.770. The summed E-state index contributed by atoms with van der Waals surface area (Å²) in [4.78, 5) is 10.2. The molecule has 0 amide bonds. The van der Waals surface area contributed by atoms with Gasteiger partial charge in [-0.25, -0.2) is 0 Å². The van der Waals surface area contributed by atoms with Crippen LogP contribution in [0.5, 0.6) is 0 Å². The smallest absolute Gasteiger partial charge is 0.305 e. The van der Waals surface area contributed by atoms with Crippen molar-refractivity contribution in [3.05, 3.63) is 0 Å². The van der Waals surface area contributed by atoms with Crippen LogP contribution in [0.4, 0.5) is 0 Å². The van der Waals surface area contributed by atoms with E-state index in [1.54, 1.807) is 14.2 Å². The number of carboxylic acid groups (broad SMARTS) is 1. The SMILES string of the molecule is COC(COCCOCCOCCOCCC(=O)O)OC. The summed E-state index contributed by atoms with van der Waals surface area (Å²) in [5, 5.41) is 8.38. The van der Waals surface area contributed by atoms with Crippen molar-refractivity contribution in [1.82, 2.24) is 0 Å². The summed E-state index contributed by atoms with van der Waals surface area (Å²) in [5.41, 5.74) is 0. The van der Waals surface area contributed by atoms with Crippen LogP contribution < -0.4 is 0 Å². The molecule has 126 valence electrons. The summed E-state index contributed by atoms with van der Waals surface area (Å²) >= 11 is 0. The molecule has 0 unspecified atom stereocenters. The molecule has 0 rings (SSSR count). The molecule has 0 saturated heterocycles. The third-order valence-electron chi connectivity index (χ3n) is 2.36. The second-order valence-electron chi connectivity index (χ2n) is 3.96.